The molecule has 5 nitrogen and oxygen atoms in total. The Morgan fingerprint density at radius 2 is 2.05 bits per heavy atom. The number of nitrogens with zero attached hydrogens (tertiary/aromatic N) is 2. The van der Waals surface area contributed by atoms with Crippen LogP contribution in [0.25, 0.3) is 0 Å². The Morgan fingerprint density at radius 3 is 2.55 bits per heavy atom. The zero-order valence-electron chi connectivity index (χ0n) is 12.5. The molecule has 114 valence electrons. The predicted octanol–water partition coefficient (Wildman–Crippen LogP) is 2.23. The fourth-order valence-corrected chi connectivity index (χ4v) is 4.71. The molecule has 0 saturated heterocycles. The van der Waals surface area contributed by atoms with Gasteiger partial charge in [0, 0.05) is 19.4 Å². The van der Waals surface area contributed by atoms with Gasteiger partial charge >= 0.3 is 0 Å². The number of hydrogen-bond donors (Lipinski definition) is 1. The second-order valence-electron chi connectivity index (χ2n) is 6.17. The lowest BCUT2D eigenvalue weighted by molar-refractivity contribution is 0.431. The molecule has 1 aromatic heterocycles. The summed E-state index contributed by atoms with van der Waals surface area (Å²) in [6.45, 7) is 4.02. The number of imidazole rings is 1. The van der Waals surface area contributed by atoms with Gasteiger partial charge in [-0.05, 0) is 24.7 Å². The summed E-state index contributed by atoms with van der Waals surface area (Å²) < 4.78 is 29.4. The van der Waals surface area contributed by atoms with Gasteiger partial charge in [0.1, 0.15) is 5.82 Å². The third-order valence-corrected chi connectivity index (χ3v) is 5.56. The van der Waals surface area contributed by atoms with Crippen LogP contribution in [0.5, 0.6) is 0 Å². The standard InChI is InChI=1S/C14H25N3O2S/c1-11(2)13(14-15-8-9-17(14)3)16-20(18,19)10-12-6-4-5-7-12/h8-9,11-13,16H,4-7,10H2,1-3H3/t13-/m0/s1. The highest BCUT2D eigenvalue weighted by molar-refractivity contribution is 7.89. The van der Waals surface area contributed by atoms with Gasteiger partial charge in [-0.15, -0.1) is 0 Å². The molecule has 2 rings (SSSR count). The molecule has 0 amide bonds. The normalized spacial score (nSPS) is 18.8. The van der Waals surface area contributed by atoms with Crippen LogP contribution in [0.15, 0.2) is 12.4 Å². The first-order chi connectivity index (χ1) is 9.39. The van der Waals surface area contributed by atoms with E-state index in [4.69, 9.17) is 0 Å². The lowest BCUT2D eigenvalue weighted by atomic mass is 10.1. The van der Waals surface area contributed by atoms with E-state index in [1.54, 1.807) is 6.20 Å². The summed E-state index contributed by atoms with van der Waals surface area (Å²) in [5, 5.41) is 0. The number of sulfonamides is 1. The number of aryl methyl sites for hydroxylation is 1. The SMILES string of the molecule is CC(C)[C@H](NS(=O)(=O)CC1CCCC1)c1nccn1C. The van der Waals surface area contributed by atoms with Crippen molar-refractivity contribution in [3.8, 4) is 0 Å². The largest absolute Gasteiger partial charge is 0.337 e. The van der Waals surface area contributed by atoms with E-state index < -0.39 is 10.0 Å². The number of rotatable bonds is 6. The van der Waals surface area contributed by atoms with Crippen molar-refractivity contribution in [2.75, 3.05) is 5.75 Å². The summed E-state index contributed by atoms with van der Waals surface area (Å²) >= 11 is 0. The first-order valence-corrected chi connectivity index (χ1v) is 9.01. The molecule has 1 heterocycles. The molecule has 1 aliphatic rings. The molecule has 0 bridgehead atoms. The summed E-state index contributed by atoms with van der Waals surface area (Å²) in [5.41, 5.74) is 0. The molecule has 6 heteroatoms. The van der Waals surface area contributed by atoms with Crippen LogP contribution in [-0.4, -0.2) is 23.7 Å². The van der Waals surface area contributed by atoms with Crippen molar-refractivity contribution in [1.29, 1.82) is 0 Å². The van der Waals surface area contributed by atoms with Crippen LogP contribution in [0.4, 0.5) is 0 Å². The van der Waals surface area contributed by atoms with Gasteiger partial charge < -0.3 is 4.57 Å². The maximum Gasteiger partial charge on any atom is 0.212 e. The molecule has 1 N–H and O–H groups in total. The highest BCUT2D eigenvalue weighted by Gasteiger charge is 2.28. The van der Waals surface area contributed by atoms with Gasteiger partial charge in [0.05, 0.1) is 11.8 Å². The van der Waals surface area contributed by atoms with Crippen molar-refractivity contribution < 1.29 is 8.42 Å². The molecule has 1 atom stereocenters. The van der Waals surface area contributed by atoms with E-state index in [0.717, 1.165) is 31.5 Å². The van der Waals surface area contributed by atoms with E-state index in [-0.39, 0.29) is 17.7 Å². The molecular weight excluding hydrogens is 274 g/mol. The molecule has 1 saturated carbocycles. The van der Waals surface area contributed by atoms with Gasteiger partial charge in [-0.3, -0.25) is 0 Å². The van der Waals surface area contributed by atoms with Gasteiger partial charge in [0.15, 0.2) is 0 Å². The summed E-state index contributed by atoms with van der Waals surface area (Å²) in [5.74, 6) is 1.51. The van der Waals surface area contributed by atoms with Crippen LogP contribution in [0.3, 0.4) is 0 Å². The quantitative estimate of drug-likeness (QED) is 0.876. The molecular formula is C14H25N3O2S. The van der Waals surface area contributed by atoms with E-state index in [2.05, 4.69) is 9.71 Å². The van der Waals surface area contributed by atoms with Crippen molar-refractivity contribution in [3.05, 3.63) is 18.2 Å². The third-order valence-electron chi connectivity index (χ3n) is 4.04. The van der Waals surface area contributed by atoms with Crippen LogP contribution in [-0.2, 0) is 17.1 Å². The Kier molecular flexibility index (Phi) is 4.86. The van der Waals surface area contributed by atoms with Crippen molar-refractivity contribution in [1.82, 2.24) is 14.3 Å². The first-order valence-electron chi connectivity index (χ1n) is 7.36. The van der Waals surface area contributed by atoms with Gasteiger partial charge in [-0.1, -0.05) is 26.7 Å². The Bertz CT molecular complexity index is 530. The Hall–Kier alpha value is -0.880. The van der Waals surface area contributed by atoms with Gasteiger partial charge in [-0.2, -0.15) is 0 Å². The van der Waals surface area contributed by atoms with Crippen molar-refractivity contribution in [2.24, 2.45) is 18.9 Å². The van der Waals surface area contributed by atoms with Crippen molar-refractivity contribution in [3.63, 3.8) is 0 Å². The van der Waals surface area contributed by atoms with Crippen LogP contribution >= 0.6 is 0 Å². The zero-order chi connectivity index (χ0) is 14.8. The predicted molar refractivity (Wildman–Crippen MR) is 79.7 cm³/mol. The molecule has 0 spiro atoms. The van der Waals surface area contributed by atoms with Crippen LogP contribution in [0.1, 0.15) is 51.4 Å². The molecule has 20 heavy (non-hydrogen) atoms. The van der Waals surface area contributed by atoms with E-state index in [1.165, 1.54) is 0 Å². The minimum absolute atomic E-state index is 0.162. The molecule has 1 aliphatic carbocycles. The minimum atomic E-state index is -3.26. The smallest absolute Gasteiger partial charge is 0.212 e. The Balaban J connectivity index is 2.09. The number of hydrogen-bond acceptors (Lipinski definition) is 3. The summed E-state index contributed by atoms with van der Waals surface area (Å²) in [6.07, 6.45) is 7.94. The summed E-state index contributed by atoms with van der Waals surface area (Å²) in [7, 11) is -1.36. The number of nitrogens with one attached hydrogen (secondary N) is 1. The molecule has 1 aromatic rings. The summed E-state index contributed by atoms with van der Waals surface area (Å²) in [4.78, 5) is 4.29. The molecule has 0 aliphatic heterocycles. The molecule has 0 radical (unpaired) electrons. The Labute approximate surface area is 121 Å². The van der Waals surface area contributed by atoms with E-state index in [1.807, 2.05) is 31.7 Å². The highest BCUT2D eigenvalue weighted by atomic mass is 32.2. The highest BCUT2D eigenvalue weighted by Crippen LogP contribution is 2.27. The van der Waals surface area contributed by atoms with Crippen LogP contribution in [0.2, 0.25) is 0 Å². The van der Waals surface area contributed by atoms with Gasteiger partial charge in [0.2, 0.25) is 10.0 Å². The van der Waals surface area contributed by atoms with E-state index in [0.29, 0.717) is 5.92 Å². The Morgan fingerprint density at radius 1 is 1.40 bits per heavy atom. The lowest BCUT2D eigenvalue weighted by Crippen LogP contribution is -2.36. The molecule has 0 unspecified atom stereocenters. The summed E-state index contributed by atoms with van der Waals surface area (Å²) in [6, 6.07) is -0.263. The molecule has 0 aromatic carbocycles. The fraction of sp³-hybridized carbons (Fsp3) is 0.786. The van der Waals surface area contributed by atoms with E-state index >= 15 is 0 Å². The van der Waals surface area contributed by atoms with Gasteiger partial charge in [0.25, 0.3) is 0 Å². The number of aromatic nitrogens is 2. The van der Waals surface area contributed by atoms with Gasteiger partial charge in [-0.25, -0.2) is 18.1 Å². The third kappa shape index (κ3) is 3.82. The van der Waals surface area contributed by atoms with Crippen LogP contribution < -0.4 is 4.72 Å². The second-order valence-corrected chi connectivity index (χ2v) is 7.97. The zero-order valence-corrected chi connectivity index (χ0v) is 13.4. The lowest BCUT2D eigenvalue weighted by Gasteiger charge is -2.23. The topological polar surface area (TPSA) is 64.0 Å². The second kappa shape index (κ2) is 6.26. The average Bonchev–Trinajstić information content (AvgIpc) is 2.97. The monoisotopic (exact) mass is 299 g/mol. The molecule has 1 fully saturated rings. The minimum Gasteiger partial charge on any atom is -0.337 e. The first kappa shape index (κ1) is 15.5. The average molecular weight is 299 g/mol. The maximum absolute atomic E-state index is 12.4. The van der Waals surface area contributed by atoms with Crippen molar-refractivity contribution >= 4 is 10.0 Å². The maximum atomic E-state index is 12.4. The van der Waals surface area contributed by atoms with Crippen molar-refractivity contribution in [2.45, 2.75) is 45.6 Å². The fourth-order valence-electron chi connectivity index (χ4n) is 2.89. The van der Waals surface area contributed by atoms with Crippen LogP contribution in [0, 0.1) is 11.8 Å². The van der Waals surface area contributed by atoms with E-state index in [9.17, 15) is 8.42 Å².